The second-order valence-electron chi connectivity index (χ2n) is 6.34. The molecule has 0 unspecified atom stereocenters. The van der Waals surface area contributed by atoms with Gasteiger partial charge in [-0.15, -0.1) is 0 Å². The van der Waals surface area contributed by atoms with Crippen LogP contribution in [-0.4, -0.2) is 23.0 Å². The van der Waals surface area contributed by atoms with E-state index in [1.807, 2.05) is 5.32 Å². The quantitative estimate of drug-likeness (QED) is 0.666. The minimum Gasteiger partial charge on any atom is -0.480 e. The van der Waals surface area contributed by atoms with Gasteiger partial charge < -0.3 is 10.4 Å². The van der Waals surface area contributed by atoms with Gasteiger partial charge in [0.2, 0.25) is 5.91 Å². The molecule has 2 rings (SSSR count). The fourth-order valence-electron chi connectivity index (χ4n) is 2.64. The molecule has 4 nitrogen and oxygen atoms in total. The first-order valence-corrected chi connectivity index (χ1v) is 8.31. The van der Waals surface area contributed by atoms with Crippen molar-refractivity contribution in [3.63, 3.8) is 0 Å². The van der Waals surface area contributed by atoms with E-state index >= 15 is 0 Å². The second kappa shape index (κ2) is 8.72. The number of carbonyl (C=O) groups is 2. The zero-order valence-electron chi connectivity index (χ0n) is 14.9. The summed E-state index contributed by atoms with van der Waals surface area (Å²) < 4.78 is 91.0. The monoisotopic (exact) mass is 437 g/mol. The zero-order chi connectivity index (χ0) is 22.7. The molecule has 0 spiro atoms. The number of alkyl halides is 6. The summed E-state index contributed by atoms with van der Waals surface area (Å²) >= 11 is 0. The SMILES string of the molecule is O=C(Cc1cc(C(F)(F)F)cc(C(F)(F)F)c1)N[C@H](Cc1ccccc1F)C(=O)O. The maximum Gasteiger partial charge on any atom is 0.416 e. The highest BCUT2D eigenvalue weighted by Gasteiger charge is 2.37. The Balaban J connectivity index is 2.23. The molecule has 0 saturated heterocycles. The van der Waals surface area contributed by atoms with Gasteiger partial charge >= 0.3 is 18.3 Å². The van der Waals surface area contributed by atoms with E-state index in [1.165, 1.54) is 18.2 Å². The van der Waals surface area contributed by atoms with E-state index in [1.54, 1.807) is 0 Å². The van der Waals surface area contributed by atoms with Crippen LogP contribution in [0.3, 0.4) is 0 Å². The molecule has 2 aromatic rings. The van der Waals surface area contributed by atoms with Crippen molar-refractivity contribution in [3.05, 3.63) is 70.5 Å². The highest BCUT2D eigenvalue weighted by atomic mass is 19.4. The van der Waals surface area contributed by atoms with Gasteiger partial charge in [-0.05, 0) is 35.4 Å². The number of carboxylic acids is 1. The average Bonchev–Trinajstić information content (AvgIpc) is 2.61. The highest BCUT2D eigenvalue weighted by Crippen LogP contribution is 2.36. The lowest BCUT2D eigenvalue weighted by Crippen LogP contribution is -2.43. The Morgan fingerprint density at radius 1 is 0.933 bits per heavy atom. The van der Waals surface area contributed by atoms with Crippen LogP contribution in [0.5, 0.6) is 0 Å². The van der Waals surface area contributed by atoms with Crippen molar-refractivity contribution in [2.75, 3.05) is 0 Å². The van der Waals surface area contributed by atoms with Gasteiger partial charge in [-0.1, -0.05) is 18.2 Å². The van der Waals surface area contributed by atoms with Gasteiger partial charge in [-0.25, -0.2) is 9.18 Å². The van der Waals surface area contributed by atoms with Crippen LogP contribution in [0.25, 0.3) is 0 Å². The van der Waals surface area contributed by atoms with E-state index in [0.717, 1.165) is 6.07 Å². The lowest BCUT2D eigenvalue weighted by atomic mass is 10.0. The molecule has 0 heterocycles. The molecule has 162 valence electrons. The first-order chi connectivity index (χ1) is 13.8. The third-order valence-electron chi connectivity index (χ3n) is 4.03. The number of benzene rings is 2. The number of carboxylic acid groups (broad SMARTS) is 1. The van der Waals surface area contributed by atoms with E-state index in [2.05, 4.69) is 0 Å². The van der Waals surface area contributed by atoms with Crippen LogP contribution in [0, 0.1) is 5.82 Å². The standard InChI is InChI=1S/C19H14F7NO3/c20-14-4-2-1-3-11(14)8-15(17(29)30)27-16(28)7-10-5-12(18(21,22)23)9-13(6-10)19(24,25)26/h1-6,9,15H,7-8H2,(H,27,28)(H,29,30)/t15-/m1/s1. The predicted octanol–water partition coefficient (Wildman–Crippen LogP) is 4.22. The molecule has 0 radical (unpaired) electrons. The molecule has 2 aromatic carbocycles. The van der Waals surface area contributed by atoms with Crippen molar-refractivity contribution < 1.29 is 45.4 Å². The molecule has 1 atom stereocenters. The topological polar surface area (TPSA) is 66.4 Å². The number of halogens is 7. The Labute approximate surface area is 165 Å². The third kappa shape index (κ3) is 6.19. The molecular weight excluding hydrogens is 423 g/mol. The maximum absolute atomic E-state index is 13.7. The molecule has 0 aliphatic carbocycles. The molecular formula is C19H14F7NO3. The number of aliphatic carboxylic acids is 1. The Bertz CT molecular complexity index is 906. The van der Waals surface area contributed by atoms with Gasteiger partial charge in [-0.2, -0.15) is 26.3 Å². The number of rotatable bonds is 6. The second-order valence-corrected chi connectivity index (χ2v) is 6.34. The molecule has 0 aliphatic rings. The third-order valence-corrected chi connectivity index (χ3v) is 4.03. The van der Waals surface area contributed by atoms with E-state index in [0.29, 0.717) is 12.1 Å². The predicted molar refractivity (Wildman–Crippen MR) is 89.8 cm³/mol. The number of amides is 1. The van der Waals surface area contributed by atoms with Crippen molar-refractivity contribution in [1.82, 2.24) is 5.32 Å². The Kier molecular flexibility index (Phi) is 6.73. The summed E-state index contributed by atoms with van der Waals surface area (Å²) in [5.74, 6) is -3.41. The minimum atomic E-state index is -5.08. The van der Waals surface area contributed by atoms with Crippen molar-refractivity contribution in [2.45, 2.75) is 31.2 Å². The van der Waals surface area contributed by atoms with Gasteiger partial charge in [-0.3, -0.25) is 4.79 Å². The van der Waals surface area contributed by atoms with Crippen LogP contribution in [0.15, 0.2) is 42.5 Å². The summed E-state index contributed by atoms with van der Waals surface area (Å²) in [7, 11) is 0. The van der Waals surface area contributed by atoms with Crippen LogP contribution >= 0.6 is 0 Å². The molecule has 30 heavy (non-hydrogen) atoms. The molecule has 11 heteroatoms. The molecule has 0 saturated carbocycles. The van der Waals surface area contributed by atoms with E-state index < -0.39 is 65.6 Å². The fourth-order valence-corrected chi connectivity index (χ4v) is 2.64. The Hall–Kier alpha value is -3.11. The highest BCUT2D eigenvalue weighted by molar-refractivity contribution is 5.85. The number of hydrogen-bond donors (Lipinski definition) is 2. The van der Waals surface area contributed by atoms with E-state index in [4.69, 9.17) is 0 Å². The van der Waals surface area contributed by atoms with Crippen molar-refractivity contribution in [3.8, 4) is 0 Å². The van der Waals surface area contributed by atoms with Crippen LogP contribution in [0.1, 0.15) is 22.3 Å². The smallest absolute Gasteiger partial charge is 0.416 e. The minimum absolute atomic E-state index is 0.0383. The Morgan fingerprint density at radius 3 is 1.93 bits per heavy atom. The summed E-state index contributed by atoms with van der Waals surface area (Å²) in [6.45, 7) is 0. The number of hydrogen-bond acceptors (Lipinski definition) is 2. The number of nitrogens with one attached hydrogen (secondary N) is 1. The van der Waals surface area contributed by atoms with Crippen molar-refractivity contribution in [1.29, 1.82) is 0 Å². The average molecular weight is 437 g/mol. The molecule has 0 bridgehead atoms. The summed E-state index contributed by atoms with van der Waals surface area (Å²) in [5, 5.41) is 11.2. The van der Waals surface area contributed by atoms with Crippen molar-refractivity contribution in [2.24, 2.45) is 0 Å². The fraction of sp³-hybridized carbons (Fsp3) is 0.263. The first-order valence-electron chi connectivity index (χ1n) is 8.31. The van der Waals surface area contributed by atoms with Crippen LogP contribution in [-0.2, 0) is 34.8 Å². The Morgan fingerprint density at radius 2 is 1.47 bits per heavy atom. The summed E-state index contributed by atoms with van der Waals surface area (Å²) in [6, 6.07) is 4.17. The maximum atomic E-state index is 13.7. The van der Waals surface area contributed by atoms with Gasteiger partial charge in [0.15, 0.2) is 0 Å². The molecule has 0 fully saturated rings. The normalized spacial score (nSPS) is 13.0. The lowest BCUT2D eigenvalue weighted by molar-refractivity contribution is -0.143. The summed E-state index contributed by atoms with van der Waals surface area (Å²) in [4.78, 5) is 23.4. The van der Waals surface area contributed by atoms with Crippen molar-refractivity contribution >= 4 is 11.9 Å². The lowest BCUT2D eigenvalue weighted by Gasteiger charge is -2.17. The van der Waals surface area contributed by atoms with Crippen LogP contribution in [0.4, 0.5) is 30.7 Å². The number of carbonyl (C=O) groups excluding carboxylic acids is 1. The van der Waals surface area contributed by atoms with Crippen LogP contribution in [0.2, 0.25) is 0 Å². The zero-order valence-corrected chi connectivity index (χ0v) is 14.9. The van der Waals surface area contributed by atoms with Gasteiger partial charge in [0.05, 0.1) is 17.5 Å². The molecule has 0 aliphatic heterocycles. The molecule has 2 N–H and O–H groups in total. The van der Waals surface area contributed by atoms with Gasteiger partial charge in [0, 0.05) is 6.42 Å². The summed E-state index contributed by atoms with van der Waals surface area (Å²) in [5.41, 5.74) is -3.84. The van der Waals surface area contributed by atoms with Crippen LogP contribution < -0.4 is 5.32 Å². The molecule has 1 amide bonds. The first kappa shape index (κ1) is 23.2. The van der Waals surface area contributed by atoms with E-state index in [-0.39, 0.29) is 11.6 Å². The largest absolute Gasteiger partial charge is 0.480 e. The van der Waals surface area contributed by atoms with E-state index in [9.17, 15) is 45.4 Å². The van der Waals surface area contributed by atoms with Gasteiger partial charge in [0.1, 0.15) is 11.9 Å². The van der Waals surface area contributed by atoms with Gasteiger partial charge in [0.25, 0.3) is 0 Å². The molecule has 0 aromatic heterocycles. The summed E-state index contributed by atoms with van der Waals surface area (Å²) in [6.07, 6.45) is -11.6.